The van der Waals surface area contributed by atoms with Crippen molar-refractivity contribution in [2.24, 2.45) is 5.10 Å². The van der Waals surface area contributed by atoms with Gasteiger partial charge in [0.15, 0.2) is 11.6 Å². The molecule has 0 radical (unpaired) electrons. The van der Waals surface area contributed by atoms with Crippen LogP contribution in [-0.4, -0.2) is 31.6 Å². The first-order chi connectivity index (χ1) is 14.0. The molecule has 0 unspecified atom stereocenters. The van der Waals surface area contributed by atoms with Crippen molar-refractivity contribution in [3.8, 4) is 5.75 Å². The lowest BCUT2D eigenvalue weighted by atomic mass is 10.2. The summed E-state index contributed by atoms with van der Waals surface area (Å²) >= 11 is 6.53. The van der Waals surface area contributed by atoms with Crippen LogP contribution < -0.4 is 10.7 Å². The summed E-state index contributed by atoms with van der Waals surface area (Å²) in [5.41, 5.74) is 4.49. The number of rotatable bonds is 5. The zero-order valence-corrected chi connectivity index (χ0v) is 17.4. The Hall–Kier alpha value is -3.12. The van der Waals surface area contributed by atoms with E-state index in [-0.39, 0.29) is 28.7 Å². The molecule has 4 rings (SSSR count). The predicted octanol–water partition coefficient (Wildman–Crippen LogP) is 4.57. The second kappa shape index (κ2) is 8.09. The molecule has 29 heavy (non-hydrogen) atoms. The van der Waals surface area contributed by atoms with Crippen molar-refractivity contribution in [2.45, 2.75) is 0 Å². The maximum absolute atomic E-state index is 13.1. The highest BCUT2D eigenvalue weighted by atomic mass is 79.9. The predicted molar refractivity (Wildman–Crippen MR) is 112 cm³/mol. The maximum Gasteiger partial charge on any atom is 0.245 e. The Kier molecular flexibility index (Phi) is 5.36. The van der Waals surface area contributed by atoms with Crippen molar-refractivity contribution < 1.29 is 14.1 Å². The molecule has 12 heteroatoms. The third-order valence-corrected chi connectivity index (χ3v) is 4.85. The maximum atomic E-state index is 13.1. The Morgan fingerprint density at radius 2 is 1.62 bits per heavy atom. The van der Waals surface area contributed by atoms with Crippen LogP contribution in [0.4, 0.5) is 21.7 Å². The van der Waals surface area contributed by atoms with Gasteiger partial charge in [-0.1, -0.05) is 0 Å². The molecule has 0 fully saturated rings. The van der Waals surface area contributed by atoms with E-state index in [2.05, 4.69) is 72.6 Å². The van der Waals surface area contributed by atoms with E-state index in [1.807, 2.05) is 0 Å². The van der Waals surface area contributed by atoms with Crippen molar-refractivity contribution >= 4 is 66.7 Å². The molecule has 0 saturated carbocycles. The fraction of sp³-hybridized carbons (Fsp3) is 0. The summed E-state index contributed by atoms with van der Waals surface area (Å²) in [6.07, 6.45) is 1.53. The molecule has 4 aromatic rings. The molecule has 0 aliphatic carbocycles. The summed E-state index contributed by atoms with van der Waals surface area (Å²) in [6, 6.07) is 9.13. The quantitative estimate of drug-likeness (QED) is 0.257. The second-order valence-corrected chi connectivity index (χ2v) is 7.38. The normalized spacial score (nSPS) is 11.3. The number of hydrazone groups is 1. The number of phenols is 1. The molecule has 0 spiro atoms. The molecule has 0 amide bonds. The molecule has 3 N–H and O–H groups in total. The van der Waals surface area contributed by atoms with Crippen LogP contribution in [0.25, 0.3) is 11.3 Å². The molecule has 0 bridgehead atoms. The van der Waals surface area contributed by atoms with Crippen molar-refractivity contribution in [1.82, 2.24) is 20.3 Å². The number of halogens is 3. The van der Waals surface area contributed by atoms with Crippen LogP contribution in [0.15, 0.2) is 55.1 Å². The van der Waals surface area contributed by atoms with E-state index in [0.29, 0.717) is 26.0 Å². The van der Waals surface area contributed by atoms with Crippen molar-refractivity contribution in [2.75, 3.05) is 10.7 Å². The van der Waals surface area contributed by atoms with Crippen molar-refractivity contribution in [3.05, 3.63) is 56.7 Å². The van der Waals surface area contributed by atoms with Gasteiger partial charge in [-0.05, 0) is 84.1 Å². The molecular weight excluding hydrogens is 513 g/mol. The van der Waals surface area contributed by atoms with Gasteiger partial charge in [-0.25, -0.2) is 14.0 Å². The third kappa shape index (κ3) is 4.32. The third-order valence-electron chi connectivity index (χ3n) is 3.64. The Bertz CT molecular complexity index is 1190. The van der Waals surface area contributed by atoms with E-state index in [0.717, 1.165) is 0 Å². The average Bonchev–Trinajstić information content (AvgIpc) is 3.15. The number of phenolic OH excluding ortho intramolecular Hbond substituents is 1. The van der Waals surface area contributed by atoms with Gasteiger partial charge in [-0.2, -0.15) is 10.1 Å². The smallest absolute Gasteiger partial charge is 0.245 e. The number of aromatic hydroxyl groups is 1. The van der Waals surface area contributed by atoms with E-state index < -0.39 is 0 Å². The highest BCUT2D eigenvalue weighted by Gasteiger charge is 2.13. The molecule has 0 aliphatic heterocycles. The summed E-state index contributed by atoms with van der Waals surface area (Å²) in [6.45, 7) is 0. The van der Waals surface area contributed by atoms with Crippen LogP contribution in [0.5, 0.6) is 5.75 Å². The van der Waals surface area contributed by atoms with Crippen LogP contribution in [0, 0.1) is 5.82 Å². The van der Waals surface area contributed by atoms with Crippen LogP contribution in [-0.2, 0) is 0 Å². The molecule has 9 nitrogen and oxygen atoms in total. The summed E-state index contributed by atoms with van der Waals surface area (Å²) in [5, 5.41) is 24.3. The number of benzene rings is 2. The molecule has 0 atom stereocenters. The van der Waals surface area contributed by atoms with Gasteiger partial charge in [-0.3, -0.25) is 5.43 Å². The first kappa shape index (κ1) is 19.2. The number of fused-ring (bicyclic) bond motifs is 1. The van der Waals surface area contributed by atoms with Crippen molar-refractivity contribution in [3.63, 3.8) is 0 Å². The van der Waals surface area contributed by atoms with E-state index in [1.165, 1.54) is 18.3 Å². The summed E-state index contributed by atoms with van der Waals surface area (Å²) in [5.74, 6) is 0.290. The Morgan fingerprint density at radius 1 is 1.00 bits per heavy atom. The average molecular weight is 523 g/mol. The zero-order valence-electron chi connectivity index (χ0n) is 14.3. The monoisotopic (exact) mass is 521 g/mol. The Morgan fingerprint density at radius 3 is 2.28 bits per heavy atom. The minimum Gasteiger partial charge on any atom is -0.506 e. The minimum atomic E-state index is -0.355. The largest absolute Gasteiger partial charge is 0.506 e. The molecule has 0 saturated heterocycles. The molecule has 2 heterocycles. The van der Waals surface area contributed by atoms with Gasteiger partial charge in [0.05, 0.1) is 15.2 Å². The molecular formula is C17H10Br2FN7O2. The van der Waals surface area contributed by atoms with Crippen LogP contribution in [0.2, 0.25) is 0 Å². The lowest BCUT2D eigenvalue weighted by Gasteiger charge is -2.09. The fourth-order valence-corrected chi connectivity index (χ4v) is 3.52. The van der Waals surface area contributed by atoms with Gasteiger partial charge in [0.1, 0.15) is 11.6 Å². The van der Waals surface area contributed by atoms with Crippen molar-refractivity contribution in [1.29, 1.82) is 0 Å². The lowest BCUT2D eigenvalue weighted by molar-refractivity contribution is 0.314. The topological polar surface area (TPSA) is 121 Å². The Balaban J connectivity index is 1.62. The summed E-state index contributed by atoms with van der Waals surface area (Å²) < 4.78 is 18.8. The number of nitrogens with zero attached hydrogens (tertiary/aromatic N) is 5. The Labute approximate surface area is 179 Å². The van der Waals surface area contributed by atoms with Gasteiger partial charge in [0.25, 0.3) is 0 Å². The molecule has 2 aromatic carbocycles. The second-order valence-electron chi connectivity index (χ2n) is 5.67. The van der Waals surface area contributed by atoms with Gasteiger partial charge < -0.3 is 10.4 Å². The molecule has 0 aliphatic rings. The highest BCUT2D eigenvalue weighted by Crippen LogP contribution is 2.33. The van der Waals surface area contributed by atoms with Gasteiger partial charge in [0, 0.05) is 5.69 Å². The number of anilines is 3. The van der Waals surface area contributed by atoms with Crippen LogP contribution in [0.3, 0.4) is 0 Å². The molecule has 146 valence electrons. The summed E-state index contributed by atoms with van der Waals surface area (Å²) in [7, 11) is 0. The number of hydrogen-bond donors (Lipinski definition) is 3. The summed E-state index contributed by atoms with van der Waals surface area (Å²) in [4.78, 5) is 8.58. The van der Waals surface area contributed by atoms with Crippen LogP contribution >= 0.6 is 31.9 Å². The van der Waals surface area contributed by atoms with Gasteiger partial charge in [0.2, 0.25) is 11.3 Å². The van der Waals surface area contributed by atoms with Crippen LogP contribution in [0.1, 0.15) is 5.56 Å². The minimum absolute atomic E-state index is 0.0933. The first-order valence-corrected chi connectivity index (χ1v) is 9.58. The first-order valence-electron chi connectivity index (χ1n) is 7.99. The van der Waals surface area contributed by atoms with Gasteiger partial charge in [-0.15, -0.1) is 0 Å². The van der Waals surface area contributed by atoms with E-state index >= 15 is 0 Å². The lowest BCUT2D eigenvalue weighted by Crippen LogP contribution is -2.03. The SMILES string of the molecule is Oc1c(Br)cc(/C=N/Nc2nc3nonc3nc2Nc2ccc(F)cc2)cc1Br. The number of nitrogens with one attached hydrogen (secondary N) is 2. The molecule has 2 aromatic heterocycles. The van der Waals surface area contributed by atoms with E-state index in [9.17, 15) is 9.50 Å². The van der Waals surface area contributed by atoms with E-state index in [4.69, 9.17) is 0 Å². The fourth-order valence-electron chi connectivity index (χ4n) is 2.30. The number of hydrogen-bond acceptors (Lipinski definition) is 9. The number of aromatic nitrogens is 4. The van der Waals surface area contributed by atoms with Gasteiger partial charge >= 0.3 is 0 Å². The van der Waals surface area contributed by atoms with E-state index in [1.54, 1.807) is 24.3 Å². The zero-order chi connectivity index (χ0) is 20.4. The highest BCUT2D eigenvalue weighted by molar-refractivity contribution is 9.11. The standard InChI is InChI=1S/C17H10Br2FN7O2/c18-11-5-8(6-12(19)13(11)28)7-21-25-15-14(22-10-3-1-9(20)2-4-10)23-16-17(24-15)27-29-26-16/h1-7,28H,(H,22,23,26)(H,24,25,27)/b21-7+.